The van der Waals surface area contributed by atoms with E-state index in [2.05, 4.69) is 0 Å². The molecular weight excluding hydrogens is 193 g/mol. The Labute approximate surface area is 76.2 Å². The van der Waals surface area contributed by atoms with Crippen LogP contribution in [0.1, 0.15) is 0 Å². The largest absolute Gasteiger partial charge is 0.755 e. The molecule has 13 heavy (non-hydrogen) atoms. The number of nitrogens with zero attached hydrogens (tertiary/aromatic N) is 1. The molecule has 0 N–H and O–H groups in total. The van der Waals surface area contributed by atoms with Gasteiger partial charge in [-0.25, -0.2) is 4.39 Å². The molecule has 0 aliphatic rings. The Kier molecular flexibility index (Phi) is 1.90. The van der Waals surface area contributed by atoms with E-state index in [0.717, 1.165) is 3.97 Å². The summed E-state index contributed by atoms with van der Waals surface area (Å²) in [6, 6.07) is 5.50. The number of hydrogen-bond acceptors (Lipinski definition) is 2. The smallest absolute Gasteiger partial charge is 0.123 e. The van der Waals surface area contributed by atoms with Crippen LogP contribution >= 0.6 is 0 Å². The van der Waals surface area contributed by atoms with Crippen molar-refractivity contribution < 1.29 is 13.2 Å². The van der Waals surface area contributed by atoms with E-state index in [0.29, 0.717) is 10.9 Å². The number of hydrogen-bond donors (Lipinski definition) is 0. The molecule has 0 fully saturated rings. The molecule has 5 heteroatoms. The topological polar surface area (TPSA) is 45.1 Å². The molecule has 1 unspecified atom stereocenters. The SMILES string of the molecule is O=S([O-])n1ccc2cc(F)ccc21. The van der Waals surface area contributed by atoms with Gasteiger partial charge in [-0.1, -0.05) is 0 Å². The van der Waals surface area contributed by atoms with Gasteiger partial charge in [0, 0.05) is 11.6 Å². The Balaban J connectivity index is 2.76. The van der Waals surface area contributed by atoms with Crippen molar-refractivity contribution in [2.24, 2.45) is 0 Å². The van der Waals surface area contributed by atoms with E-state index in [1.54, 1.807) is 6.07 Å². The van der Waals surface area contributed by atoms with Crippen molar-refractivity contribution in [3.63, 3.8) is 0 Å². The standard InChI is InChI=1S/C8H6FNO2S/c9-7-1-2-8-6(5-7)3-4-10(8)13(11)12/h1-5H,(H,11,12)/p-1. The van der Waals surface area contributed by atoms with Crippen molar-refractivity contribution >= 4 is 22.2 Å². The van der Waals surface area contributed by atoms with Gasteiger partial charge in [0.1, 0.15) is 5.82 Å². The van der Waals surface area contributed by atoms with Crippen molar-refractivity contribution in [1.29, 1.82) is 0 Å². The molecule has 2 aromatic rings. The molecule has 0 spiro atoms. The summed E-state index contributed by atoms with van der Waals surface area (Å²) in [6.45, 7) is 0. The summed E-state index contributed by atoms with van der Waals surface area (Å²) in [5.41, 5.74) is 0.481. The van der Waals surface area contributed by atoms with Crippen LogP contribution in [0, 0.1) is 5.82 Å². The molecule has 1 atom stereocenters. The average molecular weight is 198 g/mol. The highest BCUT2D eigenvalue weighted by Crippen LogP contribution is 2.17. The lowest BCUT2D eigenvalue weighted by Gasteiger charge is -2.06. The minimum absolute atomic E-state index is 0.373. The number of fused-ring (bicyclic) bond motifs is 1. The van der Waals surface area contributed by atoms with Gasteiger partial charge in [0.15, 0.2) is 0 Å². The maximum atomic E-state index is 12.7. The molecule has 2 rings (SSSR count). The van der Waals surface area contributed by atoms with E-state index in [1.165, 1.54) is 24.4 Å². The summed E-state index contributed by atoms with van der Waals surface area (Å²) in [5, 5.41) is 0.573. The highest BCUT2D eigenvalue weighted by Gasteiger charge is 2.01. The average Bonchev–Trinajstić information content (AvgIpc) is 2.46. The van der Waals surface area contributed by atoms with Crippen LogP contribution in [-0.2, 0) is 11.3 Å². The third-order valence-electron chi connectivity index (χ3n) is 1.78. The molecule has 0 amide bonds. The van der Waals surface area contributed by atoms with Crippen LogP contribution in [0.5, 0.6) is 0 Å². The highest BCUT2D eigenvalue weighted by atomic mass is 32.2. The first kappa shape index (κ1) is 8.40. The molecule has 1 aromatic carbocycles. The fourth-order valence-electron chi connectivity index (χ4n) is 1.22. The van der Waals surface area contributed by atoms with E-state index >= 15 is 0 Å². The molecule has 0 aliphatic heterocycles. The van der Waals surface area contributed by atoms with Crippen LogP contribution < -0.4 is 0 Å². The zero-order valence-electron chi connectivity index (χ0n) is 6.44. The molecule has 0 bridgehead atoms. The summed E-state index contributed by atoms with van der Waals surface area (Å²) >= 11 is -2.33. The van der Waals surface area contributed by atoms with Gasteiger partial charge in [-0.2, -0.15) is 0 Å². The monoisotopic (exact) mass is 198 g/mol. The van der Waals surface area contributed by atoms with Crippen LogP contribution in [-0.4, -0.2) is 12.7 Å². The Morgan fingerprint density at radius 1 is 1.38 bits per heavy atom. The summed E-state index contributed by atoms with van der Waals surface area (Å²) in [5.74, 6) is -0.373. The Morgan fingerprint density at radius 2 is 2.15 bits per heavy atom. The maximum Gasteiger partial charge on any atom is 0.123 e. The number of halogens is 1. The summed E-state index contributed by atoms with van der Waals surface area (Å²) in [4.78, 5) is 0. The number of rotatable bonds is 1. The number of benzene rings is 1. The lowest BCUT2D eigenvalue weighted by molar-refractivity contribution is 0.529. The fourth-order valence-corrected chi connectivity index (χ4v) is 1.70. The van der Waals surface area contributed by atoms with Gasteiger partial charge in [0.05, 0.1) is 16.8 Å². The second-order valence-electron chi connectivity index (χ2n) is 2.56. The van der Waals surface area contributed by atoms with Crippen LogP contribution in [0.4, 0.5) is 4.39 Å². The lowest BCUT2D eigenvalue weighted by Crippen LogP contribution is -2.00. The van der Waals surface area contributed by atoms with Crippen molar-refractivity contribution in [1.82, 2.24) is 3.97 Å². The van der Waals surface area contributed by atoms with Gasteiger partial charge >= 0.3 is 0 Å². The molecular formula is C8H5FNO2S-. The second-order valence-corrected chi connectivity index (χ2v) is 3.39. The lowest BCUT2D eigenvalue weighted by atomic mass is 10.2. The zero-order valence-corrected chi connectivity index (χ0v) is 7.25. The van der Waals surface area contributed by atoms with Crippen molar-refractivity contribution in [3.05, 3.63) is 36.3 Å². The van der Waals surface area contributed by atoms with E-state index < -0.39 is 11.3 Å². The highest BCUT2D eigenvalue weighted by molar-refractivity contribution is 7.77. The van der Waals surface area contributed by atoms with Gasteiger partial charge < -0.3 is 4.55 Å². The van der Waals surface area contributed by atoms with Crippen LogP contribution in [0.15, 0.2) is 30.5 Å². The predicted octanol–water partition coefficient (Wildman–Crippen LogP) is 1.42. The molecule has 0 saturated carbocycles. The Hall–Kier alpha value is -1.20. The minimum Gasteiger partial charge on any atom is -0.755 e. The van der Waals surface area contributed by atoms with E-state index in [-0.39, 0.29) is 5.82 Å². The van der Waals surface area contributed by atoms with E-state index in [4.69, 9.17) is 0 Å². The Morgan fingerprint density at radius 3 is 2.85 bits per heavy atom. The summed E-state index contributed by atoms with van der Waals surface area (Å²) in [7, 11) is 0. The van der Waals surface area contributed by atoms with Gasteiger partial charge in [-0.15, -0.1) is 0 Å². The molecule has 1 aromatic heterocycles. The predicted molar refractivity (Wildman–Crippen MR) is 46.2 cm³/mol. The molecule has 0 radical (unpaired) electrons. The van der Waals surface area contributed by atoms with Crippen molar-refractivity contribution in [3.8, 4) is 0 Å². The second kappa shape index (κ2) is 2.93. The first-order valence-electron chi connectivity index (χ1n) is 3.55. The summed E-state index contributed by atoms with van der Waals surface area (Å²) in [6.07, 6.45) is 1.38. The first-order valence-corrected chi connectivity index (χ1v) is 4.58. The zero-order chi connectivity index (χ0) is 9.42. The van der Waals surface area contributed by atoms with Gasteiger partial charge in [-0.05, 0) is 24.3 Å². The van der Waals surface area contributed by atoms with E-state index in [1.807, 2.05) is 0 Å². The minimum atomic E-state index is -2.33. The third-order valence-corrected chi connectivity index (χ3v) is 2.42. The molecule has 0 saturated heterocycles. The molecule has 68 valence electrons. The first-order chi connectivity index (χ1) is 6.18. The summed E-state index contributed by atoms with van der Waals surface area (Å²) < 4.78 is 35.0. The normalized spacial score (nSPS) is 13.4. The molecule has 3 nitrogen and oxygen atoms in total. The Bertz CT molecular complexity index is 480. The molecule has 1 heterocycles. The quantitative estimate of drug-likeness (QED) is 0.650. The fraction of sp³-hybridized carbons (Fsp3) is 0. The van der Waals surface area contributed by atoms with Crippen molar-refractivity contribution in [2.75, 3.05) is 0 Å². The van der Waals surface area contributed by atoms with Crippen LogP contribution in [0.3, 0.4) is 0 Å². The van der Waals surface area contributed by atoms with E-state index in [9.17, 15) is 13.2 Å². The van der Waals surface area contributed by atoms with Crippen LogP contribution in [0.25, 0.3) is 10.9 Å². The third kappa shape index (κ3) is 1.36. The molecule has 0 aliphatic carbocycles. The number of aromatic nitrogens is 1. The van der Waals surface area contributed by atoms with Gasteiger partial charge in [0.2, 0.25) is 0 Å². The van der Waals surface area contributed by atoms with Gasteiger partial charge in [-0.3, -0.25) is 8.18 Å². The van der Waals surface area contributed by atoms with Gasteiger partial charge in [0.25, 0.3) is 0 Å². The maximum absolute atomic E-state index is 12.7. The van der Waals surface area contributed by atoms with Crippen molar-refractivity contribution in [2.45, 2.75) is 0 Å². The van der Waals surface area contributed by atoms with Crippen LogP contribution in [0.2, 0.25) is 0 Å².